The van der Waals surface area contributed by atoms with Crippen molar-refractivity contribution in [1.82, 2.24) is 0 Å². The number of hydrogen-bond donors (Lipinski definition) is 0. The summed E-state index contributed by atoms with van der Waals surface area (Å²) in [6.45, 7) is 6.20. The second-order valence-corrected chi connectivity index (χ2v) is 5.08. The monoisotopic (exact) mass is 252 g/mol. The van der Waals surface area contributed by atoms with Crippen molar-refractivity contribution < 1.29 is 4.79 Å². The van der Waals surface area contributed by atoms with Gasteiger partial charge in [0.15, 0.2) is 0 Å². The fourth-order valence-corrected chi connectivity index (χ4v) is 2.22. The van der Waals surface area contributed by atoms with E-state index in [2.05, 4.69) is 19.9 Å². The molecule has 0 N–H and O–H groups in total. The summed E-state index contributed by atoms with van der Waals surface area (Å²) in [4.78, 5) is 11.4. The SMILES string of the molecule is CCCC(=O)CCCc1cc(C)c(C)cc1Cl. The van der Waals surface area contributed by atoms with Crippen molar-refractivity contribution in [2.45, 2.75) is 52.9 Å². The highest BCUT2D eigenvalue weighted by atomic mass is 35.5. The van der Waals surface area contributed by atoms with E-state index in [0.29, 0.717) is 18.6 Å². The maximum Gasteiger partial charge on any atom is 0.132 e. The first-order valence-electron chi connectivity index (χ1n) is 6.32. The molecule has 94 valence electrons. The van der Waals surface area contributed by atoms with Gasteiger partial charge in [0, 0.05) is 17.9 Å². The maximum atomic E-state index is 11.4. The van der Waals surface area contributed by atoms with Crippen LogP contribution in [0, 0.1) is 13.8 Å². The minimum atomic E-state index is 0.368. The number of benzene rings is 1. The molecule has 0 atom stereocenters. The Morgan fingerprint density at radius 1 is 1.18 bits per heavy atom. The number of ketones is 1. The third-order valence-electron chi connectivity index (χ3n) is 3.09. The molecular weight excluding hydrogens is 232 g/mol. The molecule has 0 heterocycles. The minimum Gasteiger partial charge on any atom is -0.300 e. The third kappa shape index (κ3) is 4.51. The van der Waals surface area contributed by atoms with Gasteiger partial charge in [0.2, 0.25) is 0 Å². The van der Waals surface area contributed by atoms with E-state index in [1.165, 1.54) is 16.7 Å². The lowest BCUT2D eigenvalue weighted by molar-refractivity contribution is -0.119. The van der Waals surface area contributed by atoms with Crippen LogP contribution in [0.15, 0.2) is 12.1 Å². The van der Waals surface area contributed by atoms with Gasteiger partial charge in [-0.25, -0.2) is 0 Å². The summed E-state index contributed by atoms with van der Waals surface area (Å²) in [7, 11) is 0. The summed E-state index contributed by atoms with van der Waals surface area (Å²) in [6.07, 6.45) is 4.14. The topological polar surface area (TPSA) is 17.1 Å². The van der Waals surface area contributed by atoms with Crippen LogP contribution in [-0.2, 0) is 11.2 Å². The van der Waals surface area contributed by atoms with Crippen molar-refractivity contribution in [3.8, 4) is 0 Å². The number of carbonyl (C=O) groups excluding carboxylic acids is 1. The van der Waals surface area contributed by atoms with Gasteiger partial charge < -0.3 is 0 Å². The Morgan fingerprint density at radius 3 is 2.47 bits per heavy atom. The van der Waals surface area contributed by atoms with Gasteiger partial charge in [-0.05, 0) is 55.9 Å². The van der Waals surface area contributed by atoms with Crippen molar-refractivity contribution in [3.05, 3.63) is 33.8 Å². The normalized spacial score (nSPS) is 10.6. The number of Topliss-reactive ketones (excluding diaryl/α,β-unsaturated/α-hetero) is 1. The zero-order valence-corrected chi connectivity index (χ0v) is 11.7. The van der Waals surface area contributed by atoms with Crippen molar-refractivity contribution in [2.24, 2.45) is 0 Å². The third-order valence-corrected chi connectivity index (χ3v) is 3.45. The Bertz CT molecular complexity index is 396. The number of rotatable bonds is 6. The second kappa shape index (κ2) is 6.80. The molecule has 0 bridgehead atoms. The molecule has 0 spiro atoms. The van der Waals surface area contributed by atoms with E-state index < -0.39 is 0 Å². The van der Waals surface area contributed by atoms with E-state index in [0.717, 1.165) is 24.3 Å². The van der Waals surface area contributed by atoms with Gasteiger partial charge in [-0.15, -0.1) is 0 Å². The van der Waals surface area contributed by atoms with E-state index in [4.69, 9.17) is 11.6 Å². The van der Waals surface area contributed by atoms with Crippen LogP contribution in [0.2, 0.25) is 5.02 Å². The fraction of sp³-hybridized carbons (Fsp3) is 0.533. The summed E-state index contributed by atoms with van der Waals surface area (Å²) in [5.74, 6) is 0.368. The quantitative estimate of drug-likeness (QED) is 0.720. The molecular formula is C15H21ClO. The van der Waals surface area contributed by atoms with E-state index >= 15 is 0 Å². The Kier molecular flexibility index (Phi) is 5.70. The number of carbonyl (C=O) groups is 1. The van der Waals surface area contributed by atoms with Crippen LogP contribution in [-0.4, -0.2) is 5.78 Å². The molecule has 17 heavy (non-hydrogen) atoms. The Morgan fingerprint density at radius 2 is 1.82 bits per heavy atom. The van der Waals surface area contributed by atoms with Gasteiger partial charge in [0.25, 0.3) is 0 Å². The van der Waals surface area contributed by atoms with Crippen molar-refractivity contribution in [1.29, 1.82) is 0 Å². The van der Waals surface area contributed by atoms with Crippen molar-refractivity contribution in [2.75, 3.05) is 0 Å². The molecule has 0 aliphatic carbocycles. The summed E-state index contributed by atoms with van der Waals surface area (Å²) in [5, 5.41) is 0.830. The standard InChI is InChI=1S/C15H21ClO/c1-4-6-14(17)8-5-7-13-9-11(2)12(3)10-15(13)16/h9-10H,4-8H2,1-3H3. The number of hydrogen-bond acceptors (Lipinski definition) is 1. The zero-order chi connectivity index (χ0) is 12.8. The van der Waals surface area contributed by atoms with Crippen molar-refractivity contribution in [3.63, 3.8) is 0 Å². The predicted octanol–water partition coefficient (Wildman–Crippen LogP) is 4.65. The molecule has 1 nitrogen and oxygen atoms in total. The minimum absolute atomic E-state index is 0.368. The number of aryl methyl sites for hydroxylation is 3. The first-order chi connectivity index (χ1) is 8.04. The van der Waals surface area contributed by atoms with Crippen molar-refractivity contribution >= 4 is 17.4 Å². The second-order valence-electron chi connectivity index (χ2n) is 4.67. The van der Waals surface area contributed by atoms with E-state index in [-0.39, 0.29) is 0 Å². The maximum absolute atomic E-state index is 11.4. The molecule has 0 unspecified atom stereocenters. The van der Waals surface area contributed by atoms with Gasteiger partial charge in [-0.1, -0.05) is 24.6 Å². The number of halogens is 1. The molecule has 0 aliphatic heterocycles. The van der Waals surface area contributed by atoms with Gasteiger partial charge in [0.05, 0.1) is 0 Å². The molecule has 1 rings (SSSR count). The first kappa shape index (κ1) is 14.2. The molecule has 0 saturated heterocycles. The largest absolute Gasteiger partial charge is 0.300 e. The Balaban J connectivity index is 2.52. The summed E-state index contributed by atoms with van der Waals surface area (Å²) < 4.78 is 0. The highest BCUT2D eigenvalue weighted by Crippen LogP contribution is 2.22. The van der Waals surface area contributed by atoms with Crippen LogP contribution >= 0.6 is 11.6 Å². The van der Waals surface area contributed by atoms with Gasteiger partial charge >= 0.3 is 0 Å². The van der Waals surface area contributed by atoms with Gasteiger partial charge in [0.1, 0.15) is 5.78 Å². The highest BCUT2D eigenvalue weighted by molar-refractivity contribution is 6.31. The summed E-state index contributed by atoms with van der Waals surface area (Å²) >= 11 is 6.19. The van der Waals surface area contributed by atoms with Crippen LogP contribution in [0.1, 0.15) is 49.3 Å². The first-order valence-corrected chi connectivity index (χ1v) is 6.69. The zero-order valence-electron chi connectivity index (χ0n) is 11.0. The van der Waals surface area contributed by atoms with E-state index in [9.17, 15) is 4.79 Å². The molecule has 0 aliphatic rings. The Labute approximate surface area is 109 Å². The van der Waals surface area contributed by atoms with E-state index in [1.807, 2.05) is 13.0 Å². The molecule has 0 fully saturated rings. The average Bonchev–Trinajstić information content (AvgIpc) is 2.26. The predicted molar refractivity (Wildman–Crippen MR) is 73.8 cm³/mol. The lowest BCUT2D eigenvalue weighted by atomic mass is 10.0. The molecule has 1 aromatic carbocycles. The molecule has 0 aromatic heterocycles. The fourth-order valence-electron chi connectivity index (χ4n) is 1.91. The molecule has 0 saturated carbocycles. The summed E-state index contributed by atoms with van der Waals surface area (Å²) in [6, 6.07) is 4.15. The van der Waals surface area contributed by atoms with Crippen LogP contribution in [0.3, 0.4) is 0 Å². The van der Waals surface area contributed by atoms with Gasteiger partial charge in [-0.3, -0.25) is 4.79 Å². The highest BCUT2D eigenvalue weighted by Gasteiger charge is 2.05. The average molecular weight is 253 g/mol. The Hall–Kier alpha value is -0.820. The lowest BCUT2D eigenvalue weighted by Crippen LogP contribution is -1.98. The molecule has 1 aromatic rings. The molecule has 2 heteroatoms. The van der Waals surface area contributed by atoms with Gasteiger partial charge in [-0.2, -0.15) is 0 Å². The molecule has 0 amide bonds. The van der Waals surface area contributed by atoms with Crippen LogP contribution in [0.25, 0.3) is 0 Å². The van der Waals surface area contributed by atoms with Crippen LogP contribution < -0.4 is 0 Å². The summed E-state index contributed by atoms with van der Waals surface area (Å²) in [5.41, 5.74) is 3.66. The van der Waals surface area contributed by atoms with Crippen LogP contribution in [0.4, 0.5) is 0 Å². The molecule has 0 radical (unpaired) electrons. The lowest BCUT2D eigenvalue weighted by Gasteiger charge is -2.08. The van der Waals surface area contributed by atoms with E-state index in [1.54, 1.807) is 0 Å². The smallest absolute Gasteiger partial charge is 0.132 e. The van der Waals surface area contributed by atoms with Crippen LogP contribution in [0.5, 0.6) is 0 Å².